The highest BCUT2D eigenvalue weighted by Gasteiger charge is 2.61. The molecule has 2 heterocycles. The molecule has 2 atom stereocenters. The van der Waals surface area contributed by atoms with E-state index >= 15 is 0 Å². The van der Waals surface area contributed by atoms with Crippen molar-refractivity contribution in [2.24, 2.45) is 0 Å². The number of aliphatic hydroxyl groups excluding tert-OH is 1. The molecule has 2 aromatic carbocycles. The van der Waals surface area contributed by atoms with Crippen LogP contribution in [0.2, 0.25) is 10.0 Å². The van der Waals surface area contributed by atoms with Crippen LogP contribution in [0.3, 0.4) is 0 Å². The van der Waals surface area contributed by atoms with Crippen molar-refractivity contribution in [3.05, 3.63) is 93.3 Å². The molecule has 1 amide bonds. The SMILES string of the molecule is O=C1C=C2C(=CC1Cl)NC(=O)C21C(c2cccc(Cl)c2)=C(O)CN1c1cccc(Cl)c1. The minimum absolute atomic E-state index is 0.0000110. The summed E-state index contributed by atoms with van der Waals surface area (Å²) < 4.78 is 0. The molecule has 0 bridgehead atoms. The van der Waals surface area contributed by atoms with Gasteiger partial charge in [0.15, 0.2) is 11.3 Å². The maximum atomic E-state index is 13.7. The minimum Gasteiger partial charge on any atom is -0.510 e. The van der Waals surface area contributed by atoms with Gasteiger partial charge in [-0.15, -0.1) is 11.6 Å². The highest BCUT2D eigenvalue weighted by Crippen LogP contribution is 2.53. The maximum Gasteiger partial charge on any atom is 0.259 e. The molecule has 2 aliphatic heterocycles. The third-order valence-corrected chi connectivity index (χ3v) is 6.54. The molecule has 8 heteroatoms. The Hall–Kier alpha value is -2.73. The number of nitrogens with one attached hydrogen (secondary N) is 1. The Balaban J connectivity index is 1.81. The van der Waals surface area contributed by atoms with Gasteiger partial charge in [0.1, 0.15) is 11.1 Å². The van der Waals surface area contributed by atoms with Gasteiger partial charge >= 0.3 is 0 Å². The van der Waals surface area contributed by atoms with Crippen LogP contribution in [0.4, 0.5) is 5.69 Å². The molecular weight excluding hydrogens is 459 g/mol. The van der Waals surface area contributed by atoms with Crippen molar-refractivity contribution in [3.63, 3.8) is 0 Å². The Kier molecular flexibility index (Phi) is 4.66. The van der Waals surface area contributed by atoms with Crippen LogP contribution in [0.25, 0.3) is 5.57 Å². The number of hydrogen-bond donors (Lipinski definition) is 2. The van der Waals surface area contributed by atoms with E-state index in [1.165, 1.54) is 12.2 Å². The quantitative estimate of drug-likeness (QED) is 0.623. The second-order valence-electron chi connectivity index (χ2n) is 7.51. The van der Waals surface area contributed by atoms with Crippen LogP contribution in [-0.2, 0) is 9.59 Å². The van der Waals surface area contributed by atoms with Gasteiger partial charge in [0.05, 0.1) is 6.54 Å². The van der Waals surface area contributed by atoms with Gasteiger partial charge < -0.3 is 15.3 Å². The highest BCUT2D eigenvalue weighted by atomic mass is 35.5. The number of ketones is 1. The van der Waals surface area contributed by atoms with E-state index in [0.717, 1.165) is 0 Å². The van der Waals surface area contributed by atoms with Crippen molar-refractivity contribution in [1.82, 2.24) is 5.32 Å². The number of alkyl halides is 1. The number of amides is 1. The summed E-state index contributed by atoms with van der Waals surface area (Å²) in [5, 5.41) is 14.0. The van der Waals surface area contributed by atoms with Gasteiger partial charge in [-0.25, -0.2) is 0 Å². The number of carbonyl (C=O) groups is 2. The first kappa shape index (κ1) is 20.2. The Morgan fingerprint density at radius 1 is 1.06 bits per heavy atom. The van der Waals surface area contributed by atoms with Gasteiger partial charge in [-0.2, -0.15) is 0 Å². The zero-order valence-corrected chi connectivity index (χ0v) is 18.2. The Bertz CT molecular complexity index is 1250. The lowest BCUT2D eigenvalue weighted by molar-refractivity contribution is -0.121. The molecule has 1 aliphatic carbocycles. The van der Waals surface area contributed by atoms with E-state index in [1.54, 1.807) is 53.4 Å². The molecule has 0 aromatic heterocycles. The number of benzene rings is 2. The van der Waals surface area contributed by atoms with E-state index < -0.39 is 16.8 Å². The summed E-state index contributed by atoms with van der Waals surface area (Å²) in [6.07, 6.45) is 2.90. The standard InChI is InChI=1S/C23H15Cl3N2O3/c24-13-4-1-3-12(7-13)21-20(30)11-28(15-6-2-5-14(25)8-15)23(21)16-9-19(29)17(26)10-18(16)27-22(23)31/h1-10,17,30H,11H2,(H,27,31). The Morgan fingerprint density at radius 2 is 1.77 bits per heavy atom. The van der Waals surface area contributed by atoms with Crippen LogP contribution in [0.1, 0.15) is 5.56 Å². The van der Waals surface area contributed by atoms with E-state index in [2.05, 4.69) is 5.32 Å². The van der Waals surface area contributed by atoms with Crippen molar-refractivity contribution >= 4 is 57.8 Å². The first-order chi connectivity index (χ1) is 14.8. The van der Waals surface area contributed by atoms with Gasteiger partial charge in [0.2, 0.25) is 0 Å². The molecule has 5 nitrogen and oxygen atoms in total. The summed E-state index contributed by atoms with van der Waals surface area (Å²) in [5.41, 5.74) is 0.950. The fourth-order valence-electron chi connectivity index (χ4n) is 4.52. The topological polar surface area (TPSA) is 69.6 Å². The first-order valence-electron chi connectivity index (χ1n) is 9.48. The number of allylic oxidation sites excluding steroid dienone is 2. The Morgan fingerprint density at radius 3 is 2.48 bits per heavy atom. The lowest BCUT2D eigenvalue weighted by atomic mass is 9.78. The number of anilines is 1. The summed E-state index contributed by atoms with van der Waals surface area (Å²) >= 11 is 18.6. The summed E-state index contributed by atoms with van der Waals surface area (Å²) in [4.78, 5) is 27.9. The average molecular weight is 474 g/mol. The molecule has 2 unspecified atom stereocenters. The lowest BCUT2D eigenvalue weighted by Gasteiger charge is -2.38. The van der Waals surface area contributed by atoms with Crippen LogP contribution in [0.15, 0.2) is 77.7 Å². The van der Waals surface area contributed by atoms with E-state index in [0.29, 0.717) is 38.1 Å². The fraction of sp³-hybridized carbons (Fsp3) is 0.130. The second-order valence-corrected chi connectivity index (χ2v) is 8.85. The largest absolute Gasteiger partial charge is 0.510 e. The van der Waals surface area contributed by atoms with Gasteiger partial charge in [-0.3, -0.25) is 9.59 Å². The zero-order valence-electron chi connectivity index (χ0n) is 15.9. The molecule has 1 spiro atoms. The van der Waals surface area contributed by atoms with Gasteiger partial charge in [-0.05, 0) is 48.0 Å². The third-order valence-electron chi connectivity index (χ3n) is 5.72. The van der Waals surface area contributed by atoms with Gasteiger partial charge in [0.25, 0.3) is 5.91 Å². The van der Waals surface area contributed by atoms with Gasteiger partial charge in [0, 0.05) is 32.6 Å². The number of halogens is 3. The number of hydrogen-bond acceptors (Lipinski definition) is 4. The molecule has 1 saturated heterocycles. The van der Waals surface area contributed by atoms with Gasteiger partial charge in [-0.1, -0.05) is 41.4 Å². The predicted octanol–water partition coefficient (Wildman–Crippen LogP) is 4.65. The molecule has 1 fully saturated rings. The second kappa shape index (κ2) is 7.16. The number of carbonyl (C=O) groups excluding carboxylic acids is 2. The van der Waals surface area contributed by atoms with E-state index in [4.69, 9.17) is 34.8 Å². The predicted molar refractivity (Wildman–Crippen MR) is 121 cm³/mol. The fourth-order valence-corrected chi connectivity index (χ4v) is 5.08. The summed E-state index contributed by atoms with van der Waals surface area (Å²) in [5.74, 6) is -0.735. The van der Waals surface area contributed by atoms with Crippen molar-refractivity contribution in [2.45, 2.75) is 10.9 Å². The van der Waals surface area contributed by atoms with Crippen molar-refractivity contribution in [1.29, 1.82) is 0 Å². The molecular formula is C23H15Cl3N2O3. The van der Waals surface area contributed by atoms with Crippen molar-refractivity contribution in [2.75, 3.05) is 11.4 Å². The normalized spacial score (nSPS) is 25.0. The summed E-state index contributed by atoms with van der Waals surface area (Å²) in [7, 11) is 0. The number of fused-ring (bicyclic) bond motifs is 2. The lowest BCUT2D eigenvalue weighted by Crippen LogP contribution is -2.53. The van der Waals surface area contributed by atoms with E-state index in [-0.39, 0.29) is 18.1 Å². The average Bonchev–Trinajstić information content (AvgIpc) is 3.17. The highest BCUT2D eigenvalue weighted by molar-refractivity contribution is 6.35. The van der Waals surface area contributed by atoms with E-state index in [9.17, 15) is 14.7 Å². The molecule has 156 valence electrons. The third kappa shape index (κ3) is 2.92. The molecule has 0 saturated carbocycles. The number of nitrogens with zero attached hydrogens (tertiary/aromatic N) is 1. The number of rotatable bonds is 2. The van der Waals surface area contributed by atoms with Crippen LogP contribution in [0, 0.1) is 0 Å². The molecule has 2 N–H and O–H groups in total. The first-order valence-corrected chi connectivity index (χ1v) is 10.7. The van der Waals surface area contributed by atoms with Crippen LogP contribution < -0.4 is 10.2 Å². The Labute approximate surface area is 193 Å². The summed E-state index contributed by atoms with van der Waals surface area (Å²) in [6, 6.07) is 13.9. The van der Waals surface area contributed by atoms with E-state index in [1.807, 2.05) is 0 Å². The molecule has 2 aromatic rings. The molecule has 31 heavy (non-hydrogen) atoms. The smallest absolute Gasteiger partial charge is 0.259 e. The van der Waals surface area contributed by atoms with Crippen molar-refractivity contribution in [3.8, 4) is 0 Å². The molecule has 0 radical (unpaired) electrons. The number of aliphatic hydroxyl groups is 1. The van der Waals surface area contributed by atoms with Crippen LogP contribution >= 0.6 is 34.8 Å². The van der Waals surface area contributed by atoms with Crippen LogP contribution in [0.5, 0.6) is 0 Å². The van der Waals surface area contributed by atoms with Crippen molar-refractivity contribution < 1.29 is 14.7 Å². The maximum absolute atomic E-state index is 13.7. The van der Waals surface area contributed by atoms with Crippen LogP contribution in [-0.4, -0.2) is 34.3 Å². The summed E-state index contributed by atoms with van der Waals surface area (Å²) in [6.45, 7) is 0.0404. The minimum atomic E-state index is -1.49. The molecule has 5 rings (SSSR count). The monoisotopic (exact) mass is 472 g/mol. The molecule has 3 aliphatic rings. The zero-order chi connectivity index (χ0) is 21.9.